The summed E-state index contributed by atoms with van der Waals surface area (Å²) in [5.74, 6) is 0.204. The van der Waals surface area contributed by atoms with Gasteiger partial charge in [-0.1, -0.05) is 0 Å². The van der Waals surface area contributed by atoms with Crippen molar-refractivity contribution in [1.82, 2.24) is 5.32 Å². The molecule has 9 heteroatoms. The smallest absolute Gasteiger partial charge is 0.759 e. The van der Waals surface area contributed by atoms with Crippen LogP contribution < -0.4 is 108 Å². The fourth-order valence-corrected chi connectivity index (χ4v) is 0.565. The third-order valence-electron chi connectivity index (χ3n) is 0.903. The molecule has 13 heavy (non-hydrogen) atoms. The molecule has 1 aliphatic heterocycles. The molecule has 1 rings (SSSR count). The maximum atomic E-state index is 10.1. The second-order valence-electron chi connectivity index (χ2n) is 1.86. The molecule has 1 N–H and O–H groups in total. The van der Waals surface area contributed by atoms with Crippen molar-refractivity contribution in [3.63, 3.8) is 0 Å². The van der Waals surface area contributed by atoms with E-state index in [1.165, 1.54) is 0 Å². The number of hydrogen-bond acceptors (Lipinski definition) is 5. The van der Waals surface area contributed by atoms with Crippen LogP contribution in [0.3, 0.4) is 0 Å². The van der Waals surface area contributed by atoms with Crippen LogP contribution in [0.15, 0.2) is 0 Å². The van der Waals surface area contributed by atoms with E-state index in [9.17, 15) is 4.79 Å². The fourth-order valence-electron chi connectivity index (χ4n) is 0.565. The molecule has 0 aliphatic carbocycles. The summed E-state index contributed by atoms with van der Waals surface area (Å²) in [6, 6.07) is 0. The van der Waals surface area contributed by atoms with Gasteiger partial charge in [-0.05, 0) is 6.42 Å². The van der Waals surface area contributed by atoms with Crippen LogP contribution in [0.5, 0.6) is 0 Å². The molecule has 66 valence electrons. The summed E-state index contributed by atoms with van der Waals surface area (Å²) in [4.78, 5) is 10.1. The Balaban J connectivity index is -0.000000136. The molecule has 0 aromatic carbocycles. The number of nitrogens with one attached hydrogen (secondary N) is 1. The van der Waals surface area contributed by atoms with Crippen LogP contribution in [0.2, 0.25) is 0 Å². The van der Waals surface area contributed by atoms with E-state index in [-0.39, 0.29) is 109 Å². The Morgan fingerprint density at radius 3 is 1.69 bits per heavy atom. The van der Waals surface area contributed by atoms with Crippen LogP contribution in [-0.4, -0.2) is 30.0 Å². The van der Waals surface area contributed by atoms with Gasteiger partial charge in [0.25, 0.3) is 0 Å². The summed E-state index contributed by atoms with van der Waals surface area (Å²) >= 11 is 0. The maximum Gasteiger partial charge on any atom is 1.00 e. The predicted molar refractivity (Wildman–Crippen MR) is 32.7 cm³/mol. The number of hydrogen-bond donors (Lipinski definition) is 1. The Morgan fingerprint density at radius 2 is 1.62 bits per heavy atom. The van der Waals surface area contributed by atoms with Crippen molar-refractivity contribution >= 4 is 16.3 Å². The quantitative estimate of drug-likeness (QED) is 0.264. The number of carbonyl (C=O) groups excluding carboxylic acids is 1. The summed E-state index contributed by atoms with van der Waals surface area (Å²) in [6.45, 7) is 0.888. The van der Waals surface area contributed by atoms with Gasteiger partial charge >= 0.3 is 103 Å². The molecule has 0 unspecified atom stereocenters. The molecule has 0 saturated carbocycles. The molecular weight excluding hydrogens is 252 g/mol. The van der Waals surface area contributed by atoms with Gasteiger partial charge in [-0.2, -0.15) is 0 Å². The van der Waals surface area contributed by atoms with E-state index in [0.29, 0.717) is 0 Å². The monoisotopic (exact) mass is 259 g/mol. The van der Waals surface area contributed by atoms with Crippen molar-refractivity contribution < 1.29 is 125 Å². The van der Waals surface area contributed by atoms with Gasteiger partial charge in [-0.15, -0.1) is 0 Å². The van der Waals surface area contributed by atoms with Crippen LogP contribution in [0.25, 0.3) is 0 Å². The summed E-state index contributed by atoms with van der Waals surface area (Å²) < 4.78 is 34.1. The molecule has 0 radical (unpaired) electrons. The Labute approximate surface area is 162 Å². The minimum atomic E-state index is -5.17. The first-order valence-corrected chi connectivity index (χ1v) is 4.16. The molecule has 0 atom stereocenters. The number of carbonyl (C=O) groups is 1. The van der Waals surface area contributed by atoms with Gasteiger partial charge in [0.2, 0.25) is 5.91 Å². The Hall–Kier alpha value is 2.61. The first-order valence-electron chi connectivity index (χ1n) is 2.83. The van der Waals surface area contributed by atoms with Gasteiger partial charge in [0.1, 0.15) is 0 Å². The molecule has 1 fully saturated rings. The summed E-state index contributed by atoms with van der Waals surface area (Å²) in [7, 11) is -5.17. The molecule has 1 aliphatic rings. The molecule has 0 spiro atoms. The van der Waals surface area contributed by atoms with Crippen molar-refractivity contribution in [2.24, 2.45) is 0 Å². The van der Waals surface area contributed by atoms with Crippen molar-refractivity contribution in [2.45, 2.75) is 12.8 Å². The summed E-state index contributed by atoms with van der Waals surface area (Å²) in [5, 5.41) is 2.68. The minimum absolute atomic E-state index is 0. The van der Waals surface area contributed by atoms with Crippen molar-refractivity contribution in [3.05, 3.63) is 0 Å². The van der Waals surface area contributed by atoms with Crippen LogP contribution >= 0.6 is 0 Å². The largest absolute Gasteiger partial charge is 1.00 e. The zero-order valence-corrected chi connectivity index (χ0v) is 14.6. The predicted octanol–water partition coefficient (Wildman–Crippen LogP) is -7.43. The molecule has 0 aromatic rings. The standard InChI is InChI=1S/C4H7NO.2K.H2O4S/c6-4-2-1-3-5-4;;;1-5(2,3)4/h1-3H2,(H,5,6);;;(H2,1,2,3,4)/q;2*+1;/p-2. The average Bonchev–Trinajstić information content (AvgIpc) is 2.12. The average molecular weight is 259 g/mol. The van der Waals surface area contributed by atoms with E-state index in [4.69, 9.17) is 17.5 Å². The van der Waals surface area contributed by atoms with Gasteiger partial charge in [0.15, 0.2) is 0 Å². The molecule has 1 saturated heterocycles. The molecule has 0 aromatic heterocycles. The summed E-state index contributed by atoms with van der Waals surface area (Å²) in [5.41, 5.74) is 0. The topological polar surface area (TPSA) is 109 Å². The van der Waals surface area contributed by atoms with Gasteiger partial charge < -0.3 is 14.4 Å². The second-order valence-corrected chi connectivity index (χ2v) is 2.68. The van der Waals surface area contributed by atoms with Gasteiger partial charge in [-0.3, -0.25) is 13.2 Å². The first-order chi connectivity index (χ1) is 4.89. The Kier molecular flexibility index (Phi) is 17.9. The van der Waals surface area contributed by atoms with E-state index >= 15 is 0 Å². The fraction of sp³-hybridized carbons (Fsp3) is 0.750. The molecule has 1 heterocycles. The minimum Gasteiger partial charge on any atom is -0.759 e. The van der Waals surface area contributed by atoms with E-state index < -0.39 is 10.4 Å². The third-order valence-corrected chi connectivity index (χ3v) is 0.903. The van der Waals surface area contributed by atoms with Crippen LogP contribution in [0.4, 0.5) is 0 Å². The number of rotatable bonds is 0. The molecule has 1 amide bonds. The van der Waals surface area contributed by atoms with Crippen LogP contribution in [-0.2, 0) is 15.2 Å². The van der Waals surface area contributed by atoms with Gasteiger partial charge in [0, 0.05) is 23.4 Å². The van der Waals surface area contributed by atoms with Gasteiger partial charge in [0.05, 0.1) is 0 Å². The van der Waals surface area contributed by atoms with Crippen LogP contribution in [0, 0.1) is 0 Å². The summed E-state index contributed by atoms with van der Waals surface area (Å²) in [6.07, 6.45) is 1.76. The normalized spacial score (nSPS) is 14.2. The van der Waals surface area contributed by atoms with E-state index in [1.807, 2.05) is 0 Å². The van der Waals surface area contributed by atoms with E-state index in [1.54, 1.807) is 0 Å². The molecule has 6 nitrogen and oxygen atoms in total. The molecule has 0 bridgehead atoms. The zero-order chi connectivity index (χ0) is 8.91. The Morgan fingerprint density at radius 1 is 1.23 bits per heavy atom. The van der Waals surface area contributed by atoms with E-state index in [2.05, 4.69) is 5.32 Å². The third kappa shape index (κ3) is 25.2. The zero-order valence-electron chi connectivity index (χ0n) is 7.57. The second kappa shape index (κ2) is 11.1. The van der Waals surface area contributed by atoms with Crippen molar-refractivity contribution in [2.75, 3.05) is 6.54 Å². The van der Waals surface area contributed by atoms with Crippen molar-refractivity contribution in [3.8, 4) is 0 Å². The number of amides is 1. The maximum absolute atomic E-state index is 10.1. The SMILES string of the molecule is O=C1CCCN1.O=S(=O)([O-])[O-].[K+].[K+]. The van der Waals surface area contributed by atoms with Gasteiger partial charge in [-0.25, -0.2) is 0 Å². The van der Waals surface area contributed by atoms with E-state index in [0.717, 1.165) is 19.4 Å². The molecular formula is C4H7K2NO5S. The first kappa shape index (κ1) is 21.0. The van der Waals surface area contributed by atoms with Crippen LogP contribution in [0.1, 0.15) is 12.8 Å². The Bertz CT molecular complexity index is 213. The van der Waals surface area contributed by atoms with Crippen molar-refractivity contribution in [1.29, 1.82) is 0 Å².